The number of hydrogen-bond donors (Lipinski definition) is 1. The molecule has 1 atom stereocenters. The molecule has 1 aromatic carbocycles. The van der Waals surface area contributed by atoms with Crippen LogP contribution in [-0.2, 0) is 11.4 Å². The second-order valence-electron chi connectivity index (χ2n) is 7.28. The van der Waals surface area contributed by atoms with E-state index in [1.165, 1.54) is 29.3 Å². The van der Waals surface area contributed by atoms with Crippen molar-refractivity contribution in [2.75, 3.05) is 18.9 Å². The van der Waals surface area contributed by atoms with Crippen LogP contribution in [0.2, 0.25) is 0 Å². The zero-order valence-corrected chi connectivity index (χ0v) is 17.7. The lowest BCUT2D eigenvalue weighted by Gasteiger charge is -2.23. The third-order valence-electron chi connectivity index (χ3n) is 5.04. The lowest BCUT2D eigenvalue weighted by atomic mass is 10.1. The molecule has 0 saturated carbocycles. The maximum Gasteiger partial charge on any atom is 0.235 e. The Labute approximate surface area is 170 Å². The van der Waals surface area contributed by atoms with E-state index in [1.807, 2.05) is 43.9 Å². The average molecular weight is 404 g/mol. The van der Waals surface area contributed by atoms with Gasteiger partial charge in [-0.1, -0.05) is 42.8 Å². The van der Waals surface area contributed by atoms with Crippen LogP contribution in [0, 0.1) is 13.8 Å². The number of aryl methyl sites for hydroxylation is 2. The molecule has 0 bridgehead atoms. The van der Waals surface area contributed by atoms with Gasteiger partial charge in [0.25, 0.3) is 0 Å². The Morgan fingerprint density at radius 2 is 1.82 bits per heavy atom. The molecule has 7 nitrogen and oxygen atoms in total. The Bertz CT molecular complexity index is 795. The highest BCUT2D eigenvalue weighted by Crippen LogP contribution is 2.25. The minimum atomic E-state index is -0.253. The van der Waals surface area contributed by atoms with Crippen LogP contribution in [0.4, 0.5) is 0 Å². The fourth-order valence-electron chi connectivity index (χ4n) is 3.41. The summed E-state index contributed by atoms with van der Waals surface area (Å²) in [5.74, 6) is 7.67. The summed E-state index contributed by atoms with van der Waals surface area (Å²) in [6.07, 6.45) is 4.56. The lowest BCUT2D eigenvalue weighted by Crippen LogP contribution is -2.37. The molecule has 2 heterocycles. The Hall–Kier alpha value is -2.22. The first-order chi connectivity index (χ1) is 13.5. The number of ether oxygens (including phenoxy) is 1. The first kappa shape index (κ1) is 20.5. The number of rotatable bonds is 6. The second kappa shape index (κ2) is 9.32. The number of hydrogen-bond acceptors (Lipinski definition) is 6. The van der Waals surface area contributed by atoms with Crippen molar-refractivity contribution in [1.82, 2.24) is 19.8 Å². The van der Waals surface area contributed by atoms with Crippen LogP contribution in [-0.4, -0.2) is 44.0 Å². The summed E-state index contributed by atoms with van der Waals surface area (Å²) in [6.45, 7) is 7.82. The summed E-state index contributed by atoms with van der Waals surface area (Å²) in [5, 5.41) is 8.58. The predicted octanol–water partition coefficient (Wildman–Crippen LogP) is 3.07. The lowest BCUT2D eigenvalue weighted by molar-refractivity contribution is -0.130. The molecule has 1 saturated heterocycles. The number of nitrogens with two attached hydrogens (primary N) is 1. The Balaban J connectivity index is 1.61. The molecule has 1 aliphatic heterocycles. The number of benzene rings is 1. The highest BCUT2D eigenvalue weighted by Gasteiger charge is 2.24. The molecule has 28 heavy (non-hydrogen) atoms. The van der Waals surface area contributed by atoms with Crippen LogP contribution in [0.1, 0.15) is 49.6 Å². The molecule has 0 radical (unpaired) electrons. The van der Waals surface area contributed by atoms with Crippen molar-refractivity contribution in [3.8, 4) is 5.75 Å². The van der Waals surface area contributed by atoms with Crippen molar-refractivity contribution in [1.29, 1.82) is 0 Å². The van der Waals surface area contributed by atoms with E-state index >= 15 is 0 Å². The van der Waals surface area contributed by atoms with Crippen molar-refractivity contribution in [3.63, 3.8) is 0 Å². The van der Waals surface area contributed by atoms with Gasteiger partial charge >= 0.3 is 0 Å². The summed E-state index contributed by atoms with van der Waals surface area (Å²) in [4.78, 5) is 14.7. The van der Waals surface area contributed by atoms with Crippen LogP contribution < -0.4 is 10.6 Å². The quantitative estimate of drug-likeness (QED) is 0.589. The molecule has 1 unspecified atom stereocenters. The van der Waals surface area contributed by atoms with Gasteiger partial charge < -0.3 is 15.5 Å². The zero-order chi connectivity index (χ0) is 20.1. The molecule has 1 aromatic heterocycles. The van der Waals surface area contributed by atoms with Gasteiger partial charge in [-0.15, -0.1) is 10.2 Å². The summed E-state index contributed by atoms with van der Waals surface area (Å²) in [7, 11) is 0. The molecular formula is C20H29N5O2S. The maximum atomic E-state index is 12.7. The van der Waals surface area contributed by atoms with Crippen LogP contribution in [0.25, 0.3) is 0 Å². The summed E-state index contributed by atoms with van der Waals surface area (Å²) in [5.41, 5.74) is 2.13. The Morgan fingerprint density at radius 3 is 2.46 bits per heavy atom. The number of nitrogen functional groups attached to an aromatic ring is 1. The molecular weight excluding hydrogens is 374 g/mol. The molecule has 2 aromatic rings. The first-order valence-corrected chi connectivity index (χ1v) is 10.7. The van der Waals surface area contributed by atoms with Crippen molar-refractivity contribution in [2.24, 2.45) is 0 Å². The van der Waals surface area contributed by atoms with Crippen LogP contribution in [0.15, 0.2) is 23.4 Å². The average Bonchev–Trinajstić information content (AvgIpc) is 2.88. The number of likely N-dealkylation sites (tertiary alicyclic amines) is 1. The predicted molar refractivity (Wildman–Crippen MR) is 111 cm³/mol. The van der Waals surface area contributed by atoms with E-state index in [1.54, 1.807) is 0 Å². The van der Waals surface area contributed by atoms with E-state index in [4.69, 9.17) is 10.6 Å². The molecule has 1 fully saturated rings. The normalized spacial score (nSPS) is 15.9. The molecule has 0 aliphatic carbocycles. The molecule has 8 heteroatoms. The number of para-hydroxylation sites is 1. The van der Waals surface area contributed by atoms with E-state index in [-0.39, 0.29) is 17.8 Å². The van der Waals surface area contributed by atoms with E-state index in [0.29, 0.717) is 11.0 Å². The van der Waals surface area contributed by atoms with E-state index in [2.05, 4.69) is 10.2 Å². The molecule has 0 spiro atoms. The minimum Gasteiger partial charge on any atom is -0.485 e. The maximum absolute atomic E-state index is 12.7. The number of carbonyl (C=O) groups is 1. The number of carbonyl (C=O) groups excluding carboxylic acids is 1. The van der Waals surface area contributed by atoms with Gasteiger partial charge in [-0.25, -0.2) is 4.68 Å². The highest BCUT2D eigenvalue weighted by atomic mass is 32.2. The van der Waals surface area contributed by atoms with Crippen molar-refractivity contribution >= 4 is 17.7 Å². The fraction of sp³-hybridized carbons (Fsp3) is 0.550. The van der Waals surface area contributed by atoms with Crippen molar-refractivity contribution in [3.05, 3.63) is 35.2 Å². The van der Waals surface area contributed by atoms with Gasteiger partial charge in [-0.2, -0.15) is 0 Å². The summed E-state index contributed by atoms with van der Waals surface area (Å²) in [6, 6.07) is 6.01. The van der Waals surface area contributed by atoms with Crippen LogP contribution in [0.3, 0.4) is 0 Å². The number of thioether (sulfide) groups is 1. The third-order valence-corrected chi connectivity index (χ3v) is 6.08. The van der Waals surface area contributed by atoms with Crippen molar-refractivity contribution < 1.29 is 9.53 Å². The molecule has 3 rings (SSSR count). The van der Waals surface area contributed by atoms with Crippen LogP contribution in [0.5, 0.6) is 5.75 Å². The highest BCUT2D eigenvalue weighted by molar-refractivity contribution is 8.00. The van der Waals surface area contributed by atoms with Crippen molar-refractivity contribution in [2.45, 2.75) is 63.5 Å². The molecule has 1 amide bonds. The van der Waals surface area contributed by atoms with Crippen LogP contribution >= 0.6 is 11.8 Å². The van der Waals surface area contributed by atoms with Gasteiger partial charge in [0, 0.05) is 13.1 Å². The monoisotopic (exact) mass is 403 g/mol. The van der Waals surface area contributed by atoms with Gasteiger partial charge in [0.1, 0.15) is 12.4 Å². The fourth-order valence-corrected chi connectivity index (χ4v) is 4.28. The molecule has 1 aliphatic rings. The Morgan fingerprint density at radius 1 is 1.18 bits per heavy atom. The minimum absolute atomic E-state index is 0.142. The molecule has 152 valence electrons. The second-order valence-corrected chi connectivity index (χ2v) is 8.59. The van der Waals surface area contributed by atoms with Gasteiger partial charge in [0.05, 0.1) is 5.25 Å². The van der Waals surface area contributed by atoms with E-state index in [0.717, 1.165) is 42.8 Å². The topological polar surface area (TPSA) is 86.3 Å². The summed E-state index contributed by atoms with van der Waals surface area (Å²) < 4.78 is 7.34. The SMILES string of the molecule is Cc1cccc(C)c1OCc1nnc(SC(C)C(=O)N2CCCCCC2)n1N. The van der Waals surface area contributed by atoms with Gasteiger partial charge in [0.15, 0.2) is 5.82 Å². The third kappa shape index (κ3) is 4.79. The van der Waals surface area contributed by atoms with Gasteiger partial charge in [-0.05, 0) is 44.7 Å². The number of amides is 1. The van der Waals surface area contributed by atoms with E-state index < -0.39 is 0 Å². The Kier molecular flexibility index (Phi) is 6.83. The van der Waals surface area contributed by atoms with E-state index in [9.17, 15) is 4.79 Å². The van der Waals surface area contributed by atoms with Gasteiger partial charge in [-0.3, -0.25) is 4.79 Å². The number of nitrogens with zero attached hydrogens (tertiary/aromatic N) is 4. The standard InChI is InChI=1S/C20H29N5O2S/c1-14-9-8-10-15(2)18(14)27-13-17-22-23-20(25(17)21)28-16(3)19(26)24-11-6-4-5-7-12-24/h8-10,16H,4-7,11-13,21H2,1-3H3. The smallest absolute Gasteiger partial charge is 0.235 e. The van der Waals surface area contributed by atoms with Gasteiger partial charge in [0.2, 0.25) is 11.1 Å². The first-order valence-electron chi connectivity index (χ1n) is 9.81. The summed E-state index contributed by atoms with van der Waals surface area (Å²) >= 11 is 1.35. The number of aromatic nitrogens is 3. The largest absolute Gasteiger partial charge is 0.485 e. The molecule has 2 N–H and O–H groups in total. The zero-order valence-electron chi connectivity index (χ0n) is 16.9.